The number of nitrogens with two attached hydrogens (primary N) is 1. The molecule has 9 heteroatoms. The predicted molar refractivity (Wildman–Crippen MR) is 152 cm³/mol. The van der Waals surface area contributed by atoms with E-state index in [1.54, 1.807) is 4.57 Å². The van der Waals surface area contributed by atoms with E-state index in [2.05, 4.69) is 4.37 Å². The number of hydrogen-bond donors (Lipinski definition) is 1. The number of amides is 1. The number of aromatic nitrogens is 3. The van der Waals surface area contributed by atoms with Gasteiger partial charge in [0.1, 0.15) is 5.82 Å². The number of benzene rings is 2. The van der Waals surface area contributed by atoms with E-state index in [4.69, 9.17) is 10.7 Å². The third kappa shape index (κ3) is 4.94. The highest BCUT2D eigenvalue weighted by Crippen LogP contribution is 2.31. The number of rotatable bonds is 9. The molecule has 1 unspecified atom stereocenters. The Kier molecular flexibility index (Phi) is 7.45. The van der Waals surface area contributed by atoms with Crippen LogP contribution in [0.3, 0.4) is 0 Å². The predicted octanol–water partition coefficient (Wildman–Crippen LogP) is 5.37. The second-order valence-electron chi connectivity index (χ2n) is 9.01. The van der Waals surface area contributed by atoms with Crippen molar-refractivity contribution < 1.29 is 4.79 Å². The Morgan fingerprint density at radius 2 is 1.89 bits per heavy atom. The molecule has 1 atom stereocenters. The summed E-state index contributed by atoms with van der Waals surface area (Å²) < 4.78 is 7.19. The first kappa shape index (κ1) is 25.3. The molecular weight excluding hydrogens is 502 g/mol. The lowest BCUT2D eigenvalue weighted by Crippen LogP contribution is -2.39. The van der Waals surface area contributed by atoms with Gasteiger partial charge in [0.15, 0.2) is 4.83 Å². The maximum absolute atomic E-state index is 14.0. The first-order chi connectivity index (χ1) is 18.0. The van der Waals surface area contributed by atoms with Crippen LogP contribution in [0.1, 0.15) is 52.6 Å². The molecule has 0 fully saturated rings. The molecule has 0 aliphatic rings. The summed E-state index contributed by atoms with van der Waals surface area (Å²) in [6.45, 7) is 5.17. The SMILES string of the molecule is CCC(c1nc2snc(C)c2c(=O)n1Cc1ccccc1)N(CCCN)C(=O)c1cc2ccccc2s1. The third-order valence-corrected chi connectivity index (χ3v) is 8.48. The van der Waals surface area contributed by atoms with E-state index in [0.29, 0.717) is 59.1 Å². The zero-order valence-corrected chi connectivity index (χ0v) is 22.5. The van der Waals surface area contributed by atoms with Crippen LogP contribution in [0.2, 0.25) is 0 Å². The standard InChI is InChI=1S/C28H29N5O2S2/c1-3-21(32(15-9-14-29)27(34)23-16-20-12-7-8-13-22(20)36-23)25-30-26-24(18(2)31-37-26)28(35)33(25)17-19-10-5-4-6-11-19/h4-8,10-13,16,21H,3,9,14-15,17,29H2,1-2H3. The van der Waals surface area contributed by atoms with Crippen molar-refractivity contribution in [3.8, 4) is 0 Å². The quantitative estimate of drug-likeness (QED) is 0.276. The molecule has 0 saturated carbocycles. The van der Waals surface area contributed by atoms with E-state index in [9.17, 15) is 9.59 Å². The fraction of sp³-hybridized carbons (Fsp3) is 0.286. The average molecular weight is 532 g/mol. The summed E-state index contributed by atoms with van der Waals surface area (Å²) in [5.74, 6) is 0.515. The zero-order chi connectivity index (χ0) is 25.9. The Morgan fingerprint density at radius 1 is 1.14 bits per heavy atom. The van der Waals surface area contributed by atoms with Gasteiger partial charge in [-0.1, -0.05) is 55.5 Å². The van der Waals surface area contributed by atoms with E-state index in [0.717, 1.165) is 15.6 Å². The third-order valence-electron chi connectivity index (χ3n) is 6.54. The molecule has 0 saturated heterocycles. The van der Waals surface area contributed by atoms with Crippen molar-refractivity contribution >= 4 is 49.1 Å². The van der Waals surface area contributed by atoms with Crippen LogP contribution in [0, 0.1) is 6.92 Å². The van der Waals surface area contributed by atoms with Crippen LogP contribution in [-0.4, -0.2) is 37.8 Å². The Morgan fingerprint density at radius 3 is 2.62 bits per heavy atom. The van der Waals surface area contributed by atoms with Gasteiger partial charge in [-0.2, -0.15) is 4.37 Å². The highest BCUT2D eigenvalue weighted by molar-refractivity contribution is 7.20. The van der Waals surface area contributed by atoms with Crippen molar-refractivity contribution in [1.82, 2.24) is 18.8 Å². The second kappa shape index (κ2) is 10.9. The van der Waals surface area contributed by atoms with Crippen molar-refractivity contribution in [2.24, 2.45) is 5.73 Å². The monoisotopic (exact) mass is 531 g/mol. The van der Waals surface area contributed by atoms with Crippen LogP contribution in [0.5, 0.6) is 0 Å². The Bertz CT molecular complexity index is 1570. The molecule has 1 amide bonds. The van der Waals surface area contributed by atoms with Crippen LogP contribution < -0.4 is 11.3 Å². The molecule has 0 bridgehead atoms. The molecule has 0 radical (unpaired) electrons. The minimum absolute atomic E-state index is 0.0670. The topological polar surface area (TPSA) is 94.1 Å². The van der Waals surface area contributed by atoms with Crippen LogP contribution in [0.15, 0.2) is 65.5 Å². The maximum Gasteiger partial charge on any atom is 0.264 e. The van der Waals surface area contributed by atoms with Crippen molar-refractivity contribution in [2.75, 3.05) is 13.1 Å². The smallest absolute Gasteiger partial charge is 0.264 e. The second-order valence-corrected chi connectivity index (χ2v) is 10.8. The molecule has 0 spiro atoms. The number of thiophene rings is 1. The summed E-state index contributed by atoms with van der Waals surface area (Å²) in [6, 6.07) is 19.4. The van der Waals surface area contributed by atoms with Gasteiger partial charge in [0.2, 0.25) is 0 Å². The van der Waals surface area contributed by atoms with Crippen molar-refractivity contribution in [2.45, 2.75) is 39.3 Å². The summed E-state index contributed by atoms with van der Waals surface area (Å²) in [6.07, 6.45) is 1.25. The van der Waals surface area contributed by atoms with E-state index in [1.807, 2.05) is 79.4 Å². The van der Waals surface area contributed by atoms with Crippen LogP contribution in [-0.2, 0) is 6.54 Å². The lowest BCUT2D eigenvalue weighted by atomic mass is 10.1. The average Bonchev–Trinajstić information content (AvgIpc) is 3.52. The Labute approximate surface area is 223 Å². The molecule has 7 nitrogen and oxygen atoms in total. The fourth-order valence-corrected chi connectivity index (χ4v) is 6.48. The van der Waals surface area contributed by atoms with Crippen LogP contribution in [0.25, 0.3) is 20.3 Å². The van der Waals surface area contributed by atoms with Crippen LogP contribution in [0.4, 0.5) is 0 Å². The Balaban J connectivity index is 1.64. The normalized spacial score (nSPS) is 12.3. The molecule has 5 aromatic rings. The lowest BCUT2D eigenvalue weighted by Gasteiger charge is -2.32. The number of carbonyl (C=O) groups is 1. The number of nitrogens with zero attached hydrogens (tertiary/aromatic N) is 4. The fourth-order valence-electron chi connectivity index (χ4n) is 4.69. The summed E-state index contributed by atoms with van der Waals surface area (Å²) in [7, 11) is 0. The first-order valence-electron chi connectivity index (χ1n) is 12.4. The van der Waals surface area contributed by atoms with E-state index < -0.39 is 6.04 Å². The number of fused-ring (bicyclic) bond motifs is 2. The molecule has 2 N–H and O–H groups in total. The highest BCUT2D eigenvalue weighted by Gasteiger charge is 2.30. The van der Waals surface area contributed by atoms with Gasteiger partial charge in [-0.15, -0.1) is 11.3 Å². The van der Waals surface area contributed by atoms with Gasteiger partial charge in [0, 0.05) is 11.2 Å². The van der Waals surface area contributed by atoms with E-state index in [1.165, 1.54) is 22.9 Å². The summed E-state index contributed by atoms with van der Waals surface area (Å²) in [5, 5.41) is 1.59. The van der Waals surface area contributed by atoms with Crippen molar-refractivity contribution in [3.63, 3.8) is 0 Å². The van der Waals surface area contributed by atoms with E-state index in [-0.39, 0.29) is 11.5 Å². The molecule has 2 aromatic carbocycles. The molecule has 0 aliphatic carbocycles. The van der Waals surface area contributed by atoms with Crippen LogP contribution >= 0.6 is 22.9 Å². The number of hydrogen-bond acceptors (Lipinski definition) is 7. The Hall–Kier alpha value is -3.40. The minimum atomic E-state index is -0.396. The lowest BCUT2D eigenvalue weighted by molar-refractivity contribution is 0.0661. The molecule has 3 heterocycles. The zero-order valence-electron chi connectivity index (χ0n) is 20.9. The van der Waals surface area contributed by atoms with Gasteiger partial charge in [-0.25, -0.2) is 4.98 Å². The van der Waals surface area contributed by atoms with Gasteiger partial charge in [0.05, 0.1) is 28.5 Å². The molecular formula is C28H29N5O2S2. The summed E-state index contributed by atoms with van der Waals surface area (Å²) in [5.41, 5.74) is 7.43. The van der Waals surface area contributed by atoms with Crippen molar-refractivity contribution in [3.05, 3.63) is 93.0 Å². The molecule has 0 aliphatic heterocycles. The van der Waals surface area contributed by atoms with E-state index >= 15 is 0 Å². The van der Waals surface area contributed by atoms with Gasteiger partial charge in [0.25, 0.3) is 11.5 Å². The summed E-state index contributed by atoms with van der Waals surface area (Å²) >= 11 is 2.71. The first-order valence-corrected chi connectivity index (χ1v) is 14.0. The van der Waals surface area contributed by atoms with Gasteiger partial charge >= 0.3 is 0 Å². The molecule has 5 rings (SSSR count). The molecule has 37 heavy (non-hydrogen) atoms. The molecule has 190 valence electrons. The van der Waals surface area contributed by atoms with Crippen molar-refractivity contribution in [1.29, 1.82) is 0 Å². The number of carbonyl (C=O) groups excluding carboxylic acids is 1. The summed E-state index contributed by atoms with van der Waals surface area (Å²) in [4.78, 5) is 35.9. The number of aryl methyl sites for hydroxylation is 1. The van der Waals surface area contributed by atoms with Gasteiger partial charge < -0.3 is 10.6 Å². The molecule has 3 aromatic heterocycles. The van der Waals surface area contributed by atoms with Gasteiger partial charge in [-0.05, 0) is 60.9 Å². The minimum Gasteiger partial charge on any atom is -0.330 e. The highest BCUT2D eigenvalue weighted by atomic mass is 32.1. The van der Waals surface area contributed by atoms with Gasteiger partial charge in [-0.3, -0.25) is 14.2 Å². The maximum atomic E-state index is 14.0. The largest absolute Gasteiger partial charge is 0.330 e.